The zero-order valence-electron chi connectivity index (χ0n) is 12.8. The highest BCUT2D eigenvalue weighted by Gasteiger charge is 2.36. The van der Waals surface area contributed by atoms with Crippen molar-refractivity contribution in [3.05, 3.63) is 12.2 Å². The molecule has 4 nitrogen and oxygen atoms in total. The third-order valence-corrected chi connectivity index (χ3v) is 3.26. The van der Waals surface area contributed by atoms with Crippen LogP contribution in [0.4, 0.5) is 0 Å². The van der Waals surface area contributed by atoms with Gasteiger partial charge in [-0.3, -0.25) is 4.79 Å². The van der Waals surface area contributed by atoms with Gasteiger partial charge in [0, 0.05) is 0 Å². The lowest BCUT2D eigenvalue weighted by molar-refractivity contribution is -0.155. The van der Waals surface area contributed by atoms with E-state index in [-0.39, 0.29) is 30.5 Å². The summed E-state index contributed by atoms with van der Waals surface area (Å²) in [6.45, 7) is 7.93. The lowest BCUT2D eigenvalue weighted by Crippen LogP contribution is -2.44. The van der Waals surface area contributed by atoms with Crippen LogP contribution in [0.1, 0.15) is 47.0 Å². The van der Waals surface area contributed by atoms with E-state index in [0.29, 0.717) is 6.42 Å². The van der Waals surface area contributed by atoms with Crippen molar-refractivity contribution in [3.8, 4) is 0 Å². The van der Waals surface area contributed by atoms with E-state index in [9.17, 15) is 9.90 Å². The average molecular weight is 272 g/mol. The highest BCUT2D eigenvalue weighted by Crippen LogP contribution is 2.30. The van der Waals surface area contributed by atoms with Crippen molar-refractivity contribution in [1.82, 2.24) is 0 Å². The van der Waals surface area contributed by atoms with E-state index in [1.807, 2.05) is 39.8 Å². The van der Waals surface area contributed by atoms with Crippen molar-refractivity contribution in [1.29, 1.82) is 0 Å². The van der Waals surface area contributed by atoms with Crippen LogP contribution in [0.5, 0.6) is 0 Å². The fourth-order valence-electron chi connectivity index (χ4n) is 2.26. The highest BCUT2D eigenvalue weighted by molar-refractivity contribution is 5.69. The first-order valence-electron chi connectivity index (χ1n) is 7.15. The number of methoxy groups -OCH3 is 1. The van der Waals surface area contributed by atoms with E-state index in [4.69, 9.17) is 4.74 Å². The summed E-state index contributed by atoms with van der Waals surface area (Å²) in [5.41, 5.74) is 0. The largest absolute Gasteiger partial charge is 0.469 e. The number of aliphatic hydroxyl groups excluding tert-OH is 1. The second kappa shape index (κ2) is 9.98. The van der Waals surface area contributed by atoms with Gasteiger partial charge in [0.05, 0.1) is 25.7 Å². The zero-order valence-corrected chi connectivity index (χ0v) is 12.8. The van der Waals surface area contributed by atoms with Crippen LogP contribution in [-0.2, 0) is 14.3 Å². The van der Waals surface area contributed by atoms with Gasteiger partial charge in [0.2, 0.25) is 0 Å². The molecule has 0 amide bonds. The normalized spacial score (nSPS) is 30.6. The predicted molar refractivity (Wildman–Crippen MR) is 75.9 cm³/mol. The van der Waals surface area contributed by atoms with Crippen molar-refractivity contribution in [2.45, 2.75) is 65.3 Å². The number of ether oxygens (including phenoxy) is 2. The Bertz CT molecular complexity index is 275. The Morgan fingerprint density at radius 3 is 2.58 bits per heavy atom. The second-order valence-electron chi connectivity index (χ2n) is 4.42. The van der Waals surface area contributed by atoms with E-state index in [1.165, 1.54) is 7.11 Å². The van der Waals surface area contributed by atoms with Gasteiger partial charge in [-0.2, -0.15) is 0 Å². The van der Waals surface area contributed by atoms with Crippen molar-refractivity contribution < 1.29 is 19.4 Å². The minimum atomic E-state index is -0.481. The Balaban J connectivity index is 0.00000154. The lowest BCUT2D eigenvalue weighted by atomic mass is 9.86. The molecule has 0 aromatic carbocycles. The zero-order chi connectivity index (χ0) is 14.8. The Morgan fingerprint density at radius 2 is 2.11 bits per heavy atom. The lowest BCUT2D eigenvalue weighted by Gasteiger charge is -2.37. The maximum absolute atomic E-state index is 11.2. The molecule has 1 aliphatic heterocycles. The number of carbonyl (C=O) groups excluding carboxylic acids is 1. The van der Waals surface area contributed by atoms with Crippen LogP contribution in [0.15, 0.2) is 12.2 Å². The van der Waals surface area contributed by atoms with E-state index in [2.05, 4.69) is 4.74 Å². The van der Waals surface area contributed by atoms with Crippen molar-refractivity contribution in [3.63, 3.8) is 0 Å². The third-order valence-electron chi connectivity index (χ3n) is 3.26. The van der Waals surface area contributed by atoms with Gasteiger partial charge in [-0.1, -0.05) is 39.3 Å². The average Bonchev–Trinajstić information content (AvgIpc) is 2.44. The maximum atomic E-state index is 11.2. The summed E-state index contributed by atoms with van der Waals surface area (Å²) >= 11 is 0. The number of carbonyl (C=O) groups is 1. The van der Waals surface area contributed by atoms with Gasteiger partial charge in [0.1, 0.15) is 6.10 Å². The molecule has 0 aromatic heterocycles. The third kappa shape index (κ3) is 5.74. The molecule has 0 bridgehead atoms. The van der Waals surface area contributed by atoms with E-state index in [0.717, 1.165) is 6.42 Å². The minimum absolute atomic E-state index is 0.156. The second-order valence-corrected chi connectivity index (χ2v) is 4.42. The highest BCUT2D eigenvalue weighted by atomic mass is 16.5. The van der Waals surface area contributed by atoms with Crippen molar-refractivity contribution in [2.75, 3.05) is 7.11 Å². The molecule has 1 aliphatic rings. The fraction of sp³-hybridized carbons (Fsp3) is 0.800. The summed E-state index contributed by atoms with van der Waals surface area (Å²) in [5, 5.41) is 10.1. The number of rotatable bonds is 4. The maximum Gasteiger partial charge on any atom is 0.308 e. The summed E-state index contributed by atoms with van der Waals surface area (Å²) < 4.78 is 10.4. The smallest absolute Gasteiger partial charge is 0.308 e. The Labute approximate surface area is 116 Å². The van der Waals surface area contributed by atoms with Crippen LogP contribution in [0, 0.1) is 5.92 Å². The Kier molecular flexibility index (Phi) is 9.53. The van der Waals surface area contributed by atoms with Crippen LogP contribution in [0.3, 0.4) is 0 Å². The molecule has 1 heterocycles. The van der Waals surface area contributed by atoms with Gasteiger partial charge < -0.3 is 14.6 Å². The number of esters is 1. The molecule has 2 unspecified atom stereocenters. The number of aliphatic hydroxyl groups is 1. The van der Waals surface area contributed by atoms with Crippen LogP contribution in [0.25, 0.3) is 0 Å². The van der Waals surface area contributed by atoms with E-state index < -0.39 is 6.10 Å². The first-order valence-corrected chi connectivity index (χ1v) is 7.15. The molecule has 0 radical (unpaired) electrons. The predicted octanol–water partition coefficient (Wildman–Crippen LogP) is 2.70. The van der Waals surface area contributed by atoms with E-state index >= 15 is 0 Å². The topological polar surface area (TPSA) is 55.8 Å². The molecule has 0 saturated carbocycles. The molecule has 112 valence electrons. The molecule has 4 atom stereocenters. The molecule has 0 aromatic rings. The van der Waals surface area contributed by atoms with Gasteiger partial charge in [-0.25, -0.2) is 0 Å². The summed E-state index contributed by atoms with van der Waals surface area (Å²) in [5.74, 6) is -0.0833. The van der Waals surface area contributed by atoms with Gasteiger partial charge >= 0.3 is 5.97 Å². The molecule has 1 fully saturated rings. The number of hydrogen-bond donors (Lipinski definition) is 1. The van der Waals surface area contributed by atoms with E-state index in [1.54, 1.807) is 0 Å². The van der Waals surface area contributed by atoms with Crippen LogP contribution < -0.4 is 0 Å². The standard InChI is InChI=1S/C13H22O4.C2H6/c1-4-6-11-13(15)9(5-2)7-10(17-11)8-12(14)16-3;1-2/h4,6,9-11,13,15H,5,7-8H2,1-3H3;1-2H3/b6-4+;/t9?,10-,11?,13-;/m0./s1. The fourth-order valence-corrected chi connectivity index (χ4v) is 2.26. The SMILES string of the molecule is C/C=C/C1O[C@H](CC(=O)OC)CC(CC)[C@@H]1O.CC. The molecule has 1 rings (SSSR count). The van der Waals surface area contributed by atoms with Gasteiger partial charge in [-0.15, -0.1) is 0 Å². The molecular formula is C15H28O4. The van der Waals surface area contributed by atoms with Gasteiger partial charge in [0.15, 0.2) is 0 Å². The number of allylic oxidation sites excluding steroid dienone is 1. The van der Waals surface area contributed by atoms with Crippen LogP contribution >= 0.6 is 0 Å². The van der Waals surface area contributed by atoms with Crippen molar-refractivity contribution >= 4 is 5.97 Å². The summed E-state index contributed by atoms with van der Waals surface area (Å²) in [7, 11) is 1.38. The number of hydrogen-bond acceptors (Lipinski definition) is 4. The molecule has 0 aliphatic carbocycles. The summed E-state index contributed by atoms with van der Waals surface area (Å²) in [6, 6.07) is 0. The Morgan fingerprint density at radius 1 is 1.47 bits per heavy atom. The summed E-state index contributed by atoms with van der Waals surface area (Å²) in [4.78, 5) is 11.2. The molecule has 19 heavy (non-hydrogen) atoms. The quantitative estimate of drug-likeness (QED) is 0.631. The first kappa shape index (κ1) is 18.1. The van der Waals surface area contributed by atoms with Gasteiger partial charge in [-0.05, 0) is 19.3 Å². The van der Waals surface area contributed by atoms with Crippen molar-refractivity contribution in [2.24, 2.45) is 5.92 Å². The Hall–Kier alpha value is -0.870. The molecule has 1 saturated heterocycles. The summed E-state index contributed by atoms with van der Waals surface area (Å²) in [6.07, 6.45) is 4.61. The van der Waals surface area contributed by atoms with Crippen LogP contribution in [-0.4, -0.2) is 36.5 Å². The molecular weight excluding hydrogens is 244 g/mol. The molecule has 4 heteroatoms. The first-order chi connectivity index (χ1) is 9.12. The molecule has 0 spiro atoms. The van der Waals surface area contributed by atoms with Crippen LogP contribution in [0.2, 0.25) is 0 Å². The van der Waals surface area contributed by atoms with Gasteiger partial charge in [0.25, 0.3) is 0 Å². The monoisotopic (exact) mass is 272 g/mol. The minimum Gasteiger partial charge on any atom is -0.469 e. The molecule has 1 N–H and O–H groups in total.